The minimum Gasteiger partial charge on any atom is -0.459 e. The van der Waals surface area contributed by atoms with Crippen molar-refractivity contribution in [3.05, 3.63) is 54.2 Å². The number of alkyl halides is 2. The van der Waals surface area contributed by atoms with Crippen LogP contribution in [-0.2, 0) is 0 Å². The molecular weight excluding hydrogens is 354 g/mol. The number of amides is 1. The minimum atomic E-state index is -2.66. The maximum Gasteiger partial charge on any atom is 0.320 e. The van der Waals surface area contributed by atoms with E-state index in [0.29, 0.717) is 48.8 Å². The minimum absolute atomic E-state index is 0.146. The first-order valence-electron chi connectivity index (χ1n) is 8.88. The predicted octanol–water partition coefficient (Wildman–Crippen LogP) is 3.54. The highest BCUT2D eigenvalue weighted by Crippen LogP contribution is 2.29. The lowest BCUT2D eigenvalue weighted by atomic mass is 10.2. The van der Waals surface area contributed by atoms with Crippen molar-refractivity contribution in [2.75, 3.05) is 26.2 Å². The quantitative estimate of drug-likeness (QED) is 0.701. The average Bonchev–Trinajstić information content (AvgIpc) is 3.34. The van der Waals surface area contributed by atoms with E-state index in [0.717, 1.165) is 4.57 Å². The van der Waals surface area contributed by atoms with Gasteiger partial charge in [0.05, 0.1) is 23.3 Å². The van der Waals surface area contributed by atoms with Crippen molar-refractivity contribution in [2.24, 2.45) is 0 Å². The normalized spacial score (nSPS) is 17.0. The Morgan fingerprint density at radius 1 is 1.11 bits per heavy atom. The van der Waals surface area contributed by atoms with E-state index >= 15 is 0 Å². The molecule has 1 unspecified atom stereocenters. The highest BCUT2D eigenvalue weighted by atomic mass is 19.3. The molecule has 0 radical (unpaired) electrons. The smallest absolute Gasteiger partial charge is 0.320 e. The van der Waals surface area contributed by atoms with Gasteiger partial charge in [-0.15, -0.1) is 0 Å². The molecule has 1 amide bonds. The molecule has 0 N–H and O–H groups in total. The van der Waals surface area contributed by atoms with Crippen molar-refractivity contribution in [3.8, 4) is 0 Å². The van der Waals surface area contributed by atoms with Crippen molar-refractivity contribution < 1.29 is 18.0 Å². The van der Waals surface area contributed by atoms with Gasteiger partial charge in [-0.2, -0.15) is 8.78 Å². The second kappa shape index (κ2) is 7.11. The first-order chi connectivity index (χ1) is 13.1. The third kappa shape index (κ3) is 3.21. The van der Waals surface area contributed by atoms with Gasteiger partial charge in [0.2, 0.25) is 0 Å². The SMILES string of the molecule is CC(c1nc2ccccc2n1C(F)F)N1CCN(C(=O)c2ccco2)CC1. The van der Waals surface area contributed by atoms with Crippen LogP contribution in [0.4, 0.5) is 8.78 Å². The van der Waals surface area contributed by atoms with Crippen LogP contribution in [0.25, 0.3) is 11.0 Å². The lowest BCUT2D eigenvalue weighted by Crippen LogP contribution is -2.49. The lowest BCUT2D eigenvalue weighted by molar-refractivity contribution is 0.0477. The zero-order chi connectivity index (χ0) is 19.0. The maximum absolute atomic E-state index is 13.7. The number of carbonyl (C=O) groups excluding carboxylic acids is 1. The molecule has 1 aliphatic heterocycles. The van der Waals surface area contributed by atoms with Crippen LogP contribution in [0, 0.1) is 0 Å². The van der Waals surface area contributed by atoms with Gasteiger partial charge in [0.1, 0.15) is 5.82 Å². The third-order valence-electron chi connectivity index (χ3n) is 5.07. The zero-order valence-corrected chi connectivity index (χ0v) is 14.9. The number of piperazine rings is 1. The molecule has 4 rings (SSSR count). The number of para-hydroxylation sites is 2. The molecule has 1 aliphatic rings. The topological polar surface area (TPSA) is 54.5 Å². The van der Waals surface area contributed by atoms with Gasteiger partial charge in [0.15, 0.2) is 5.76 Å². The molecule has 142 valence electrons. The summed E-state index contributed by atoms with van der Waals surface area (Å²) in [7, 11) is 0. The molecule has 1 aromatic carbocycles. The highest BCUT2D eigenvalue weighted by Gasteiger charge is 2.30. The monoisotopic (exact) mass is 374 g/mol. The van der Waals surface area contributed by atoms with Crippen molar-refractivity contribution in [1.29, 1.82) is 0 Å². The van der Waals surface area contributed by atoms with Crippen molar-refractivity contribution in [3.63, 3.8) is 0 Å². The van der Waals surface area contributed by atoms with Crippen LogP contribution < -0.4 is 0 Å². The van der Waals surface area contributed by atoms with Crippen LogP contribution in [0.2, 0.25) is 0 Å². The van der Waals surface area contributed by atoms with Gasteiger partial charge in [-0.1, -0.05) is 12.1 Å². The molecule has 0 spiro atoms. The van der Waals surface area contributed by atoms with E-state index in [2.05, 4.69) is 9.88 Å². The number of imidazole rings is 1. The van der Waals surface area contributed by atoms with E-state index in [1.165, 1.54) is 6.26 Å². The first kappa shape index (κ1) is 17.7. The number of carbonyl (C=O) groups is 1. The van der Waals surface area contributed by atoms with Gasteiger partial charge >= 0.3 is 6.55 Å². The number of hydrogen-bond acceptors (Lipinski definition) is 4. The molecule has 1 atom stereocenters. The fraction of sp³-hybridized carbons (Fsp3) is 0.368. The number of rotatable bonds is 4. The molecule has 3 heterocycles. The standard InChI is InChI=1S/C19H20F2N4O2/c1-13(17-22-14-5-2-3-6-15(14)25(17)19(20)21)23-8-10-24(11-9-23)18(26)16-7-4-12-27-16/h2-7,12-13,19H,8-11H2,1H3. The number of fused-ring (bicyclic) bond motifs is 1. The predicted molar refractivity (Wildman–Crippen MR) is 95.6 cm³/mol. The van der Waals surface area contributed by atoms with E-state index in [1.807, 2.05) is 6.92 Å². The Balaban J connectivity index is 1.51. The second-order valence-electron chi connectivity index (χ2n) is 6.59. The molecule has 3 aromatic rings. The largest absolute Gasteiger partial charge is 0.459 e. The van der Waals surface area contributed by atoms with Crippen LogP contribution in [0.5, 0.6) is 0 Å². The summed E-state index contributed by atoms with van der Waals surface area (Å²) in [4.78, 5) is 20.6. The Labute approximate surface area is 155 Å². The van der Waals surface area contributed by atoms with Gasteiger partial charge in [-0.05, 0) is 31.2 Å². The molecule has 2 aromatic heterocycles. The molecule has 0 bridgehead atoms. The summed E-state index contributed by atoms with van der Waals surface area (Å²) in [6, 6.07) is 9.96. The van der Waals surface area contributed by atoms with Crippen LogP contribution in [0.3, 0.4) is 0 Å². The van der Waals surface area contributed by atoms with Crippen LogP contribution in [0.15, 0.2) is 47.1 Å². The van der Waals surface area contributed by atoms with Crippen molar-refractivity contribution in [2.45, 2.75) is 19.5 Å². The van der Waals surface area contributed by atoms with Crippen LogP contribution in [-0.4, -0.2) is 51.4 Å². The summed E-state index contributed by atoms with van der Waals surface area (Å²) in [6.07, 6.45) is 1.47. The summed E-state index contributed by atoms with van der Waals surface area (Å²) in [5.74, 6) is 0.514. The maximum atomic E-state index is 13.7. The van der Waals surface area contributed by atoms with E-state index in [9.17, 15) is 13.6 Å². The number of halogens is 2. The number of hydrogen-bond donors (Lipinski definition) is 0. The summed E-state index contributed by atoms with van der Waals surface area (Å²) in [5, 5.41) is 0. The summed E-state index contributed by atoms with van der Waals surface area (Å²) >= 11 is 0. The Hall–Kier alpha value is -2.74. The summed E-state index contributed by atoms with van der Waals surface area (Å²) in [6.45, 7) is 1.42. The fourth-order valence-electron chi connectivity index (χ4n) is 3.59. The van der Waals surface area contributed by atoms with E-state index in [1.54, 1.807) is 41.3 Å². The van der Waals surface area contributed by atoms with Gasteiger partial charge in [0, 0.05) is 26.2 Å². The highest BCUT2D eigenvalue weighted by molar-refractivity contribution is 5.91. The average molecular weight is 374 g/mol. The summed E-state index contributed by atoms with van der Waals surface area (Å²) < 4.78 is 33.5. The van der Waals surface area contributed by atoms with Crippen LogP contribution >= 0.6 is 0 Å². The molecule has 0 aliphatic carbocycles. The molecule has 1 fully saturated rings. The molecule has 0 saturated carbocycles. The first-order valence-corrected chi connectivity index (χ1v) is 8.88. The van der Waals surface area contributed by atoms with Gasteiger partial charge < -0.3 is 9.32 Å². The lowest BCUT2D eigenvalue weighted by Gasteiger charge is -2.37. The molecular formula is C19H20F2N4O2. The number of nitrogens with zero attached hydrogens (tertiary/aromatic N) is 4. The van der Waals surface area contributed by atoms with Gasteiger partial charge in [-0.3, -0.25) is 14.3 Å². The third-order valence-corrected chi connectivity index (χ3v) is 5.07. The van der Waals surface area contributed by atoms with E-state index < -0.39 is 6.55 Å². The van der Waals surface area contributed by atoms with Crippen molar-refractivity contribution in [1.82, 2.24) is 19.4 Å². The molecule has 27 heavy (non-hydrogen) atoms. The Kier molecular flexibility index (Phi) is 4.65. The molecule has 1 saturated heterocycles. The fourth-order valence-corrected chi connectivity index (χ4v) is 3.59. The number of aromatic nitrogens is 2. The Morgan fingerprint density at radius 2 is 1.85 bits per heavy atom. The number of benzene rings is 1. The summed E-state index contributed by atoms with van der Waals surface area (Å²) in [5.41, 5.74) is 0.993. The number of furan rings is 1. The van der Waals surface area contributed by atoms with Gasteiger partial charge in [0.25, 0.3) is 5.91 Å². The Bertz CT molecular complexity index is 930. The van der Waals surface area contributed by atoms with Crippen LogP contribution in [0.1, 0.15) is 35.9 Å². The molecule has 8 heteroatoms. The zero-order valence-electron chi connectivity index (χ0n) is 14.9. The van der Waals surface area contributed by atoms with Crippen molar-refractivity contribution >= 4 is 16.9 Å². The molecule has 6 nitrogen and oxygen atoms in total. The second-order valence-corrected chi connectivity index (χ2v) is 6.59. The Morgan fingerprint density at radius 3 is 2.52 bits per heavy atom. The van der Waals surface area contributed by atoms with E-state index in [-0.39, 0.29) is 11.9 Å². The van der Waals surface area contributed by atoms with E-state index in [4.69, 9.17) is 4.42 Å². The van der Waals surface area contributed by atoms with Gasteiger partial charge in [-0.25, -0.2) is 4.98 Å².